The first-order chi connectivity index (χ1) is 16.6. The van der Waals surface area contributed by atoms with Crippen LogP contribution >= 0.6 is 0 Å². The van der Waals surface area contributed by atoms with Gasteiger partial charge in [-0.1, -0.05) is 43.3 Å². The van der Waals surface area contributed by atoms with E-state index in [9.17, 15) is 9.59 Å². The van der Waals surface area contributed by atoms with E-state index in [4.69, 9.17) is 9.47 Å². The number of methoxy groups -OCH3 is 1. The number of rotatable bonds is 7. The molecule has 7 heteroatoms. The number of aryl methyl sites for hydroxylation is 1. The van der Waals surface area contributed by atoms with Gasteiger partial charge in [0, 0.05) is 61.2 Å². The molecule has 34 heavy (non-hydrogen) atoms. The van der Waals surface area contributed by atoms with Crippen molar-refractivity contribution >= 4 is 22.9 Å². The molecule has 2 amide bonds. The Morgan fingerprint density at radius 1 is 0.971 bits per heavy atom. The van der Waals surface area contributed by atoms with Crippen molar-refractivity contribution < 1.29 is 19.1 Å². The molecule has 0 saturated carbocycles. The Hall–Kier alpha value is -3.48. The third kappa shape index (κ3) is 4.74. The number of benzene rings is 2. The number of carbonyl (C=O) groups is 2. The topological polar surface area (TPSA) is 74.9 Å². The number of H-pyrrole nitrogens is 1. The predicted octanol–water partition coefficient (Wildman–Crippen LogP) is 4.56. The minimum absolute atomic E-state index is 0.0698. The number of hydrogen-bond donors (Lipinski definition) is 1. The lowest BCUT2D eigenvalue weighted by Gasteiger charge is -2.35. The second-order valence-corrected chi connectivity index (χ2v) is 8.50. The van der Waals surface area contributed by atoms with Crippen LogP contribution in [-0.4, -0.2) is 66.7 Å². The van der Waals surface area contributed by atoms with E-state index in [0.29, 0.717) is 39.2 Å². The summed E-state index contributed by atoms with van der Waals surface area (Å²) in [4.78, 5) is 32.5. The Bertz CT molecular complexity index is 1150. The van der Waals surface area contributed by atoms with E-state index in [-0.39, 0.29) is 17.9 Å². The number of hydrogen-bond acceptors (Lipinski definition) is 4. The highest BCUT2D eigenvalue weighted by Crippen LogP contribution is 2.38. The molecule has 0 bridgehead atoms. The Labute approximate surface area is 200 Å². The third-order valence-corrected chi connectivity index (χ3v) is 6.64. The monoisotopic (exact) mass is 463 g/mol. The van der Waals surface area contributed by atoms with Crippen molar-refractivity contribution in [2.45, 2.75) is 32.6 Å². The van der Waals surface area contributed by atoms with Gasteiger partial charge in [-0.2, -0.15) is 0 Å². The van der Waals surface area contributed by atoms with Gasteiger partial charge in [-0.25, -0.2) is 4.79 Å². The molecule has 1 fully saturated rings. The van der Waals surface area contributed by atoms with E-state index < -0.39 is 0 Å². The molecule has 180 valence electrons. The van der Waals surface area contributed by atoms with Gasteiger partial charge in [-0.3, -0.25) is 4.79 Å². The smallest absolute Gasteiger partial charge is 0.409 e. The fraction of sp³-hybridized carbons (Fsp3) is 0.407. The van der Waals surface area contributed by atoms with Crippen LogP contribution in [0.5, 0.6) is 5.75 Å². The molecule has 1 N–H and O–H groups in total. The molecule has 0 spiro atoms. The van der Waals surface area contributed by atoms with E-state index in [1.165, 1.54) is 5.56 Å². The second-order valence-electron chi connectivity index (χ2n) is 8.50. The first kappa shape index (κ1) is 23.7. The quantitative estimate of drug-likeness (QED) is 0.557. The van der Waals surface area contributed by atoms with E-state index in [2.05, 4.69) is 30.1 Å². The largest absolute Gasteiger partial charge is 0.496 e. The molecule has 0 aliphatic carbocycles. The minimum Gasteiger partial charge on any atom is -0.496 e. The van der Waals surface area contributed by atoms with Crippen LogP contribution in [0.25, 0.3) is 10.9 Å². The lowest BCUT2D eigenvalue weighted by Crippen LogP contribution is -2.50. The van der Waals surface area contributed by atoms with Gasteiger partial charge in [0.2, 0.25) is 5.91 Å². The highest BCUT2D eigenvalue weighted by molar-refractivity contribution is 5.88. The second kappa shape index (κ2) is 10.6. The Balaban J connectivity index is 1.62. The van der Waals surface area contributed by atoms with Crippen LogP contribution < -0.4 is 4.74 Å². The Morgan fingerprint density at radius 3 is 2.41 bits per heavy atom. The van der Waals surface area contributed by atoms with Crippen molar-refractivity contribution in [3.63, 3.8) is 0 Å². The maximum atomic E-state index is 13.5. The standard InChI is InChI=1S/C27H33N3O4/c1-4-19-9-8-11-21-23(18-28-26(19)21)22(20-10-6-7-12-24(20)33-3)17-25(31)29-13-15-30(16-14-29)27(32)34-5-2/h6-12,18,22,28H,4-5,13-17H2,1-3H3/t22-/m1/s1. The SMILES string of the molecule is CCOC(=O)N1CCN(C(=O)C[C@H](c2ccccc2OC)c2c[nH]c3c(CC)cccc23)CC1. The number of para-hydroxylation sites is 2. The van der Waals surface area contributed by atoms with Gasteiger partial charge < -0.3 is 24.3 Å². The van der Waals surface area contributed by atoms with Crippen LogP contribution in [0.1, 0.15) is 42.9 Å². The average Bonchev–Trinajstić information content (AvgIpc) is 3.31. The normalized spacial score (nSPS) is 14.8. The molecule has 3 aromatic rings. The molecule has 1 saturated heterocycles. The maximum Gasteiger partial charge on any atom is 0.409 e. The number of amides is 2. The molecule has 0 radical (unpaired) electrons. The number of carbonyl (C=O) groups excluding carboxylic acids is 2. The van der Waals surface area contributed by atoms with Crippen LogP contribution in [0.15, 0.2) is 48.7 Å². The van der Waals surface area contributed by atoms with Crippen LogP contribution in [0, 0.1) is 0 Å². The summed E-state index contributed by atoms with van der Waals surface area (Å²) in [6.07, 6.45) is 2.98. The lowest BCUT2D eigenvalue weighted by atomic mass is 9.86. The fourth-order valence-electron chi connectivity index (χ4n) is 4.82. The van der Waals surface area contributed by atoms with Crippen molar-refractivity contribution in [1.82, 2.24) is 14.8 Å². The number of nitrogens with zero attached hydrogens (tertiary/aromatic N) is 2. The van der Waals surface area contributed by atoms with Crippen LogP contribution in [0.3, 0.4) is 0 Å². The van der Waals surface area contributed by atoms with Gasteiger partial charge in [-0.05, 0) is 30.5 Å². The summed E-state index contributed by atoms with van der Waals surface area (Å²) in [5.41, 5.74) is 4.46. The molecular weight excluding hydrogens is 430 g/mol. The molecule has 1 aromatic heterocycles. The van der Waals surface area contributed by atoms with Gasteiger partial charge in [-0.15, -0.1) is 0 Å². The van der Waals surface area contributed by atoms with Crippen molar-refractivity contribution in [3.05, 3.63) is 65.4 Å². The predicted molar refractivity (Wildman–Crippen MR) is 132 cm³/mol. The lowest BCUT2D eigenvalue weighted by molar-refractivity contribution is -0.133. The number of fused-ring (bicyclic) bond motifs is 1. The summed E-state index contributed by atoms with van der Waals surface area (Å²) in [5.74, 6) is 0.682. The molecule has 4 rings (SSSR count). The summed E-state index contributed by atoms with van der Waals surface area (Å²) >= 11 is 0. The van der Waals surface area contributed by atoms with Gasteiger partial charge in [0.05, 0.1) is 13.7 Å². The van der Waals surface area contributed by atoms with Gasteiger partial charge in [0.1, 0.15) is 5.75 Å². The number of piperazine rings is 1. The average molecular weight is 464 g/mol. The van der Waals surface area contributed by atoms with Crippen molar-refractivity contribution in [2.24, 2.45) is 0 Å². The molecule has 1 aliphatic rings. The number of aromatic amines is 1. The van der Waals surface area contributed by atoms with Gasteiger partial charge in [0.15, 0.2) is 0 Å². The van der Waals surface area contributed by atoms with Crippen LogP contribution in [0.4, 0.5) is 4.79 Å². The summed E-state index contributed by atoms with van der Waals surface area (Å²) in [6, 6.07) is 14.2. The van der Waals surface area contributed by atoms with Gasteiger partial charge >= 0.3 is 6.09 Å². The molecule has 7 nitrogen and oxygen atoms in total. The minimum atomic E-state index is -0.313. The zero-order valence-corrected chi connectivity index (χ0v) is 20.2. The zero-order valence-electron chi connectivity index (χ0n) is 20.2. The zero-order chi connectivity index (χ0) is 24.1. The van der Waals surface area contributed by atoms with Crippen molar-refractivity contribution in [3.8, 4) is 5.75 Å². The van der Waals surface area contributed by atoms with Crippen LogP contribution in [-0.2, 0) is 16.0 Å². The van der Waals surface area contributed by atoms with E-state index in [1.807, 2.05) is 35.4 Å². The summed E-state index contributed by atoms with van der Waals surface area (Å²) in [7, 11) is 1.66. The number of ether oxygens (including phenoxy) is 2. The molecule has 0 unspecified atom stereocenters. The molecule has 1 atom stereocenters. The van der Waals surface area contributed by atoms with Crippen molar-refractivity contribution in [1.29, 1.82) is 0 Å². The highest BCUT2D eigenvalue weighted by atomic mass is 16.6. The first-order valence-corrected chi connectivity index (χ1v) is 12.0. The van der Waals surface area contributed by atoms with E-state index in [1.54, 1.807) is 18.9 Å². The fourth-order valence-corrected chi connectivity index (χ4v) is 4.82. The summed E-state index contributed by atoms with van der Waals surface area (Å²) < 4.78 is 10.8. The van der Waals surface area contributed by atoms with E-state index in [0.717, 1.165) is 34.2 Å². The summed E-state index contributed by atoms with van der Waals surface area (Å²) in [5, 5.41) is 1.13. The van der Waals surface area contributed by atoms with Crippen LogP contribution in [0.2, 0.25) is 0 Å². The molecular formula is C27H33N3O4. The van der Waals surface area contributed by atoms with Gasteiger partial charge in [0.25, 0.3) is 0 Å². The molecule has 2 heterocycles. The first-order valence-electron chi connectivity index (χ1n) is 12.0. The highest BCUT2D eigenvalue weighted by Gasteiger charge is 2.29. The third-order valence-electron chi connectivity index (χ3n) is 6.64. The molecule has 2 aromatic carbocycles. The number of nitrogens with one attached hydrogen (secondary N) is 1. The molecule has 1 aliphatic heterocycles. The van der Waals surface area contributed by atoms with E-state index >= 15 is 0 Å². The number of aromatic nitrogens is 1. The summed E-state index contributed by atoms with van der Waals surface area (Å²) in [6.45, 7) is 6.27. The maximum absolute atomic E-state index is 13.5. The Morgan fingerprint density at radius 2 is 1.71 bits per heavy atom. The van der Waals surface area contributed by atoms with Crippen molar-refractivity contribution in [2.75, 3.05) is 39.9 Å². The Kier molecular flexibility index (Phi) is 7.40.